The Hall–Kier alpha value is -1.62. The fourth-order valence-electron chi connectivity index (χ4n) is 2.38. The van der Waals surface area contributed by atoms with Crippen molar-refractivity contribution in [3.05, 3.63) is 51.8 Å². The number of carbonyl (C=O) groups excluding carboxylic acids is 1. The number of H-pyrrole nitrogens is 1. The van der Waals surface area contributed by atoms with Crippen LogP contribution in [0, 0.1) is 0 Å². The molecule has 1 saturated carbocycles. The summed E-state index contributed by atoms with van der Waals surface area (Å²) in [5, 5.41) is 10.1. The molecule has 1 amide bonds. The van der Waals surface area contributed by atoms with E-state index in [4.69, 9.17) is 0 Å². The molecule has 1 fully saturated rings. The molecule has 0 unspecified atom stereocenters. The monoisotopic (exact) mass is 347 g/mol. The average molecular weight is 348 g/mol. The average Bonchev–Trinajstić information content (AvgIpc) is 3.18. The third kappa shape index (κ3) is 3.73. The van der Waals surface area contributed by atoms with Crippen molar-refractivity contribution in [2.45, 2.75) is 38.1 Å². The smallest absolute Gasteiger partial charge is 0.271 e. The highest BCUT2D eigenvalue weighted by Gasteiger charge is 2.26. The van der Waals surface area contributed by atoms with Gasteiger partial charge >= 0.3 is 0 Å². The zero-order valence-electron chi connectivity index (χ0n) is 11.9. The van der Waals surface area contributed by atoms with Crippen molar-refractivity contribution in [3.63, 3.8) is 0 Å². The van der Waals surface area contributed by atoms with Crippen LogP contribution in [-0.4, -0.2) is 22.1 Å². The summed E-state index contributed by atoms with van der Waals surface area (Å²) in [7, 11) is 0. The van der Waals surface area contributed by atoms with Crippen LogP contribution >= 0.6 is 15.9 Å². The van der Waals surface area contributed by atoms with E-state index in [1.54, 1.807) is 0 Å². The Kier molecular flexibility index (Phi) is 4.10. The van der Waals surface area contributed by atoms with E-state index in [1.807, 2.05) is 25.1 Å². The van der Waals surface area contributed by atoms with Crippen LogP contribution in [0.25, 0.3) is 0 Å². The summed E-state index contributed by atoms with van der Waals surface area (Å²) in [6.45, 7) is 2.01. The maximum absolute atomic E-state index is 12.2. The van der Waals surface area contributed by atoms with Crippen LogP contribution in [-0.2, 0) is 6.42 Å². The van der Waals surface area contributed by atoms with Gasteiger partial charge in [0.15, 0.2) is 0 Å². The molecular weight excluding hydrogens is 330 g/mol. The summed E-state index contributed by atoms with van der Waals surface area (Å²) >= 11 is 3.42. The number of nitrogens with one attached hydrogen (secondary N) is 2. The van der Waals surface area contributed by atoms with Crippen molar-refractivity contribution in [1.29, 1.82) is 0 Å². The number of halogens is 1. The maximum Gasteiger partial charge on any atom is 0.271 e. The van der Waals surface area contributed by atoms with Crippen LogP contribution in [0.1, 0.15) is 47.4 Å². The summed E-state index contributed by atoms with van der Waals surface area (Å²) < 4.78 is 1.06. The van der Waals surface area contributed by atoms with Crippen molar-refractivity contribution in [3.8, 4) is 0 Å². The summed E-state index contributed by atoms with van der Waals surface area (Å²) in [4.78, 5) is 12.2. The van der Waals surface area contributed by atoms with E-state index in [0.717, 1.165) is 16.6 Å². The molecule has 4 nitrogen and oxygen atoms in total. The zero-order valence-corrected chi connectivity index (χ0v) is 13.5. The number of hydrogen-bond donors (Lipinski definition) is 2. The van der Waals surface area contributed by atoms with Crippen LogP contribution in [0.15, 0.2) is 34.8 Å². The van der Waals surface area contributed by atoms with E-state index < -0.39 is 0 Å². The van der Waals surface area contributed by atoms with Crippen LogP contribution in [0.4, 0.5) is 0 Å². The summed E-state index contributed by atoms with van der Waals surface area (Å²) in [5.74, 6) is 0.474. The lowest BCUT2D eigenvalue weighted by molar-refractivity contribution is 0.0935. The second-order valence-corrected chi connectivity index (χ2v) is 6.60. The number of hydrogen-bond acceptors (Lipinski definition) is 2. The first kappa shape index (κ1) is 14.3. The first-order valence-corrected chi connectivity index (χ1v) is 8.02. The Labute approximate surface area is 132 Å². The molecule has 2 N–H and O–H groups in total. The third-order valence-electron chi connectivity index (χ3n) is 3.68. The molecule has 3 rings (SSSR count). The van der Waals surface area contributed by atoms with E-state index in [9.17, 15) is 4.79 Å². The molecule has 110 valence electrons. The molecule has 0 aliphatic heterocycles. The van der Waals surface area contributed by atoms with Gasteiger partial charge in [-0.15, -0.1) is 0 Å². The fourth-order valence-corrected chi connectivity index (χ4v) is 2.64. The zero-order chi connectivity index (χ0) is 14.8. The molecule has 0 saturated heterocycles. The molecular formula is C16H18BrN3O. The molecule has 1 atom stereocenters. The number of benzene rings is 1. The highest BCUT2D eigenvalue weighted by molar-refractivity contribution is 9.10. The van der Waals surface area contributed by atoms with E-state index >= 15 is 0 Å². The van der Waals surface area contributed by atoms with E-state index in [-0.39, 0.29) is 11.9 Å². The number of aromatic nitrogens is 2. The Balaban J connectivity index is 1.56. The Morgan fingerprint density at radius 3 is 2.81 bits per heavy atom. The van der Waals surface area contributed by atoms with Gasteiger partial charge in [0.25, 0.3) is 5.91 Å². The molecule has 0 radical (unpaired) electrons. The SMILES string of the molecule is C[C@H](Cc1ccc(Br)cc1)NC(=O)c1cc(C2CC2)[nH]n1. The summed E-state index contributed by atoms with van der Waals surface area (Å²) in [6.07, 6.45) is 3.20. The topological polar surface area (TPSA) is 57.8 Å². The van der Waals surface area contributed by atoms with Gasteiger partial charge in [-0.1, -0.05) is 28.1 Å². The predicted molar refractivity (Wildman–Crippen MR) is 85.3 cm³/mol. The lowest BCUT2D eigenvalue weighted by Crippen LogP contribution is -2.34. The van der Waals surface area contributed by atoms with Gasteiger partial charge in [0.1, 0.15) is 5.69 Å². The molecule has 1 heterocycles. The highest BCUT2D eigenvalue weighted by Crippen LogP contribution is 2.38. The largest absolute Gasteiger partial charge is 0.348 e. The normalized spacial score (nSPS) is 15.7. The van der Waals surface area contributed by atoms with Gasteiger partial charge in [0.05, 0.1) is 0 Å². The molecule has 2 aromatic rings. The second kappa shape index (κ2) is 6.02. The fraction of sp³-hybridized carbons (Fsp3) is 0.375. The van der Waals surface area contributed by atoms with Crippen LogP contribution in [0.3, 0.4) is 0 Å². The maximum atomic E-state index is 12.2. The summed E-state index contributed by atoms with van der Waals surface area (Å²) in [6, 6.07) is 10.1. The van der Waals surface area contributed by atoms with Crippen molar-refractivity contribution in [2.75, 3.05) is 0 Å². The number of carbonyl (C=O) groups is 1. The minimum Gasteiger partial charge on any atom is -0.348 e. The van der Waals surface area contributed by atoms with Gasteiger partial charge in [0.2, 0.25) is 0 Å². The number of aromatic amines is 1. The van der Waals surface area contributed by atoms with Gasteiger partial charge < -0.3 is 5.32 Å². The quantitative estimate of drug-likeness (QED) is 0.870. The van der Waals surface area contributed by atoms with Crippen molar-refractivity contribution >= 4 is 21.8 Å². The predicted octanol–water partition coefficient (Wildman–Crippen LogP) is 3.41. The van der Waals surface area contributed by atoms with Gasteiger partial charge in [-0.2, -0.15) is 5.10 Å². The van der Waals surface area contributed by atoms with Crippen LogP contribution in [0.2, 0.25) is 0 Å². The Morgan fingerprint density at radius 2 is 2.14 bits per heavy atom. The third-order valence-corrected chi connectivity index (χ3v) is 4.21. The lowest BCUT2D eigenvalue weighted by atomic mass is 10.1. The summed E-state index contributed by atoms with van der Waals surface area (Å²) in [5.41, 5.74) is 2.77. The first-order chi connectivity index (χ1) is 10.1. The highest BCUT2D eigenvalue weighted by atomic mass is 79.9. The molecule has 1 aromatic heterocycles. The Bertz CT molecular complexity index is 631. The first-order valence-electron chi connectivity index (χ1n) is 7.22. The van der Waals surface area contributed by atoms with Crippen molar-refractivity contribution in [1.82, 2.24) is 15.5 Å². The standard InChI is InChI=1S/C16H18BrN3O/c1-10(8-11-2-6-13(17)7-3-11)18-16(21)15-9-14(19-20-15)12-4-5-12/h2-3,6-7,9-10,12H,4-5,8H2,1H3,(H,18,21)(H,19,20)/t10-/m1/s1. The van der Waals surface area contributed by atoms with Gasteiger partial charge in [-0.25, -0.2) is 0 Å². The van der Waals surface area contributed by atoms with Crippen molar-refractivity contribution < 1.29 is 4.79 Å². The van der Waals surface area contributed by atoms with Crippen LogP contribution in [0.5, 0.6) is 0 Å². The second-order valence-electron chi connectivity index (χ2n) is 5.69. The van der Waals surface area contributed by atoms with Crippen LogP contribution < -0.4 is 5.32 Å². The number of rotatable bonds is 5. The van der Waals surface area contributed by atoms with E-state index in [1.165, 1.54) is 18.4 Å². The number of nitrogens with zero attached hydrogens (tertiary/aromatic N) is 1. The molecule has 1 aromatic carbocycles. The molecule has 5 heteroatoms. The molecule has 0 bridgehead atoms. The van der Waals surface area contributed by atoms with Gasteiger partial charge in [-0.3, -0.25) is 9.89 Å². The molecule has 21 heavy (non-hydrogen) atoms. The number of amides is 1. The van der Waals surface area contributed by atoms with Gasteiger partial charge in [-0.05, 0) is 49.9 Å². The minimum absolute atomic E-state index is 0.0692. The van der Waals surface area contributed by atoms with E-state index in [0.29, 0.717) is 11.6 Å². The van der Waals surface area contributed by atoms with E-state index in [2.05, 4.69) is 43.6 Å². The molecule has 0 spiro atoms. The van der Waals surface area contributed by atoms with Gasteiger partial charge in [0, 0.05) is 22.1 Å². The Morgan fingerprint density at radius 1 is 1.43 bits per heavy atom. The lowest BCUT2D eigenvalue weighted by Gasteiger charge is -2.13. The molecule has 1 aliphatic carbocycles. The minimum atomic E-state index is -0.109. The van der Waals surface area contributed by atoms with Crippen molar-refractivity contribution in [2.24, 2.45) is 0 Å². The molecule has 1 aliphatic rings.